The Kier molecular flexibility index (Phi) is 4.59. The molecule has 0 spiro atoms. The van der Waals surface area contributed by atoms with Crippen molar-refractivity contribution in [3.63, 3.8) is 0 Å². The Morgan fingerprint density at radius 3 is 2.52 bits per heavy atom. The smallest absolute Gasteiger partial charge is 0.225 e. The number of rotatable bonds is 3. The van der Waals surface area contributed by atoms with Crippen LogP contribution in [0.4, 0.5) is 0 Å². The van der Waals surface area contributed by atoms with Crippen molar-refractivity contribution in [2.75, 3.05) is 26.2 Å². The van der Waals surface area contributed by atoms with Crippen LogP contribution in [0, 0.1) is 12.8 Å². The van der Waals surface area contributed by atoms with Crippen LogP contribution < -0.4 is 0 Å². The van der Waals surface area contributed by atoms with Crippen molar-refractivity contribution in [1.82, 2.24) is 9.80 Å². The van der Waals surface area contributed by atoms with E-state index in [1.54, 1.807) is 0 Å². The fourth-order valence-corrected chi connectivity index (χ4v) is 3.63. The van der Waals surface area contributed by atoms with E-state index in [0.717, 1.165) is 45.6 Å². The van der Waals surface area contributed by atoms with E-state index in [2.05, 4.69) is 41.0 Å². The zero-order valence-corrected chi connectivity index (χ0v) is 13.1. The summed E-state index contributed by atoms with van der Waals surface area (Å²) in [6, 6.07) is 8.73. The summed E-state index contributed by atoms with van der Waals surface area (Å²) in [5, 5.41) is 0. The molecule has 1 saturated heterocycles. The van der Waals surface area contributed by atoms with Gasteiger partial charge in [-0.3, -0.25) is 9.69 Å². The molecule has 1 aliphatic heterocycles. The number of aryl methyl sites for hydroxylation is 1. The third kappa shape index (κ3) is 3.65. The Morgan fingerprint density at radius 2 is 1.86 bits per heavy atom. The van der Waals surface area contributed by atoms with Gasteiger partial charge in [-0.2, -0.15) is 0 Å². The number of nitrogens with zero attached hydrogens (tertiary/aromatic N) is 2. The lowest BCUT2D eigenvalue weighted by atomic mass is 10.1. The van der Waals surface area contributed by atoms with E-state index in [4.69, 9.17) is 0 Å². The van der Waals surface area contributed by atoms with Crippen molar-refractivity contribution in [1.29, 1.82) is 0 Å². The van der Waals surface area contributed by atoms with Crippen LogP contribution in [-0.4, -0.2) is 41.9 Å². The van der Waals surface area contributed by atoms with Gasteiger partial charge < -0.3 is 4.90 Å². The normalized spacial score (nSPS) is 20.9. The predicted octanol–water partition coefficient (Wildman–Crippen LogP) is 2.83. The molecular formula is C18H26N2O. The maximum atomic E-state index is 12.4. The molecule has 3 nitrogen and oxygen atoms in total. The first-order valence-corrected chi connectivity index (χ1v) is 8.29. The number of benzene rings is 1. The molecule has 21 heavy (non-hydrogen) atoms. The molecule has 0 atom stereocenters. The van der Waals surface area contributed by atoms with E-state index in [1.165, 1.54) is 24.0 Å². The van der Waals surface area contributed by atoms with Gasteiger partial charge in [-0.15, -0.1) is 0 Å². The zero-order valence-electron chi connectivity index (χ0n) is 13.1. The predicted molar refractivity (Wildman–Crippen MR) is 85.0 cm³/mol. The molecule has 0 unspecified atom stereocenters. The SMILES string of the molecule is Cc1cccc(CN2CCN(C(=O)C3CCCC3)CC2)c1. The average molecular weight is 286 g/mol. The standard InChI is InChI=1S/C18H26N2O/c1-15-5-4-6-16(13-15)14-19-9-11-20(12-10-19)18(21)17-7-2-3-8-17/h4-6,13,17H,2-3,7-12,14H2,1H3. The van der Waals surface area contributed by atoms with Gasteiger partial charge in [-0.25, -0.2) is 0 Å². The first-order valence-electron chi connectivity index (χ1n) is 8.29. The van der Waals surface area contributed by atoms with Gasteiger partial charge in [0, 0.05) is 38.6 Å². The molecule has 0 bridgehead atoms. The molecular weight excluding hydrogens is 260 g/mol. The summed E-state index contributed by atoms with van der Waals surface area (Å²) in [6.07, 6.45) is 4.71. The Bertz CT molecular complexity index is 486. The summed E-state index contributed by atoms with van der Waals surface area (Å²) >= 11 is 0. The van der Waals surface area contributed by atoms with Crippen molar-refractivity contribution in [3.8, 4) is 0 Å². The summed E-state index contributed by atoms with van der Waals surface area (Å²) in [7, 11) is 0. The van der Waals surface area contributed by atoms with Crippen LogP contribution in [0.2, 0.25) is 0 Å². The fourth-order valence-electron chi connectivity index (χ4n) is 3.63. The highest BCUT2D eigenvalue weighted by Crippen LogP contribution is 2.27. The minimum absolute atomic E-state index is 0.327. The van der Waals surface area contributed by atoms with Gasteiger partial charge >= 0.3 is 0 Å². The topological polar surface area (TPSA) is 23.6 Å². The Balaban J connectivity index is 1.49. The fraction of sp³-hybridized carbons (Fsp3) is 0.611. The molecule has 1 aliphatic carbocycles. The average Bonchev–Trinajstić information content (AvgIpc) is 3.01. The highest BCUT2D eigenvalue weighted by molar-refractivity contribution is 5.79. The molecule has 0 N–H and O–H groups in total. The summed E-state index contributed by atoms with van der Waals surface area (Å²) in [6.45, 7) is 6.97. The minimum atomic E-state index is 0.327. The molecule has 1 heterocycles. The summed E-state index contributed by atoms with van der Waals surface area (Å²) in [5.74, 6) is 0.746. The molecule has 3 rings (SSSR count). The number of carbonyl (C=O) groups excluding carboxylic acids is 1. The Hall–Kier alpha value is -1.35. The third-order valence-electron chi connectivity index (χ3n) is 4.88. The van der Waals surface area contributed by atoms with Gasteiger partial charge in [-0.05, 0) is 25.3 Å². The second kappa shape index (κ2) is 6.61. The third-order valence-corrected chi connectivity index (χ3v) is 4.88. The van der Waals surface area contributed by atoms with Crippen molar-refractivity contribution in [2.24, 2.45) is 5.92 Å². The lowest BCUT2D eigenvalue weighted by molar-refractivity contribution is -0.137. The molecule has 1 amide bonds. The second-order valence-electron chi connectivity index (χ2n) is 6.57. The molecule has 0 radical (unpaired) electrons. The van der Waals surface area contributed by atoms with Crippen LogP contribution in [0.3, 0.4) is 0 Å². The first kappa shape index (κ1) is 14.6. The number of hydrogen-bond acceptors (Lipinski definition) is 2. The summed E-state index contributed by atoms with van der Waals surface area (Å²) in [4.78, 5) is 17.0. The maximum absolute atomic E-state index is 12.4. The van der Waals surface area contributed by atoms with Gasteiger partial charge in [0.25, 0.3) is 0 Å². The largest absolute Gasteiger partial charge is 0.340 e. The molecule has 114 valence electrons. The monoisotopic (exact) mass is 286 g/mol. The molecule has 2 aliphatic rings. The minimum Gasteiger partial charge on any atom is -0.340 e. The van der Waals surface area contributed by atoms with Crippen molar-refractivity contribution in [3.05, 3.63) is 35.4 Å². The van der Waals surface area contributed by atoms with Crippen LogP contribution in [0.15, 0.2) is 24.3 Å². The highest BCUT2D eigenvalue weighted by atomic mass is 16.2. The number of hydrogen-bond donors (Lipinski definition) is 0. The van der Waals surface area contributed by atoms with Crippen LogP contribution in [0.25, 0.3) is 0 Å². The highest BCUT2D eigenvalue weighted by Gasteiger charge is 2.29. The maximum Gasteiger partial charge on any atom is 0.225 e. The van der Waals surface area contributed by atoms with Crippen LogP contribution >= 0.6 is 0 Å². The van der Waals surface area contributed by atoms with Crippen LogP contribution in [0.5, 0.6) is 0 Å². The summed E-state index contributed by atoms with van der Waals surface area (Å²) < 4.78 is 0. The van der Waals surface area contributed by atoms with Gasteiger partial charge in [0.05, 0.1) is 0 Å². The van der Waals surface area contributed by atoms with Gasteiger partial charge in [0.15, 0.2) is 0 Å². The molecule has 0 aromatic heterocycles. The summed E-state index contributed by atoms with van der Waals surface area (Å²) in [5.41, 5.74) is 2.70. The number of piperazine rings is 1. The molecule has 1 aromatic carbocycles. The van der Waals surface area contributed by atoms with E-state index in [-0.39, 0.29) is 0 Å². The number of amides is 1. The van der Waals surface area contributed by atoms with Gasteiger partial charge in [0.1, 0.15) is 0 Å². The van der Waals surface area contributed by atoms with E-state index < -0.39 is 0 Å². The van der Waals surface area contributed by atoms with Gasteiger partial charge in [-0.1, -0.05) is 42.7 Å². The quantitative estimate of drug-likeness (QED) is 0.853. The first-order chi connectivity index (χ1) is 10.2. The molecule has 3 heteroatoms. The Morgan fingerprint density at radius 1 is 1.14 bits per heavy atom. The van der Waals surface area contributed by atoms with Crippen molar-refractivity contribution >= 4 is 5.91 Å². The van der Waals surface area contributed by atoms with Crippen LogP contribution in [0.1, 0.15) is 36.8 Å². The van der Waals surface area contributed by atoms with Crippen molar-refractivity contribution < 1.29 is 4.79 Å². The van der Waals surface area contributed by atoms with E-state index in [0.29, 0.717) is 11.8 Å². The van der Waals surface area contributed by atoms with E-state index in [1.807, 2.05) is 0 Å². The molecule has 2 fully saturated rings. The second-order valence-corrected chi connectivity index (χ2v) is 6.57. The lowest BCUT2D eigenvalue weighted by Crippen LogP contribution is -2.49. The zero-order chi connectivity index (χ0) is 14.7. The Labute approximate surface area is 127 Å². The van der Waals surface area contributed by atoms with E-state index in [9.17, 15) is 4.79 Å². The molecule has 1 saturated carbocycles. The van der Waals surface area contributed by atoms with Crippen LogP contribution in [-0.2, 0) is 11.3 Å². The lowest BCUT2D eigenvalue weighted by Gasteiger charge is -2.36. The molecule has 1 aromatic rings. The van der Waals surface area contributed by atoms with Gasteiger partial charge in [0.2, 0.25) is 5.91 Å². The van der Waals surface area contributed by atoms with E-state index >= 15 is 0 Å². The number of carbonyl (C=O) groups is 1. The van der Waals surface area contributed by atoms with Crippen molar-refractivity contribution in [2.45, 2.75) is 39.2 Å².